The van der Waals surface area contributed by atoms with Gasteiger partial charge in [-0.1, -0.05) is 29.3 Å². The van der Waals surface area contributed by atoms with E-state index < -0.39 is 14.0 Å². The number of phenolic OH excluding ortho intramolecular Hbond substituents is 1. The molecule has 1 aliphatic rings. The zero-order valence-electron chi connectivity index (χ0n) is 25.0. The summed E-state index contributed by atoms with van der Waals surface area (Å²) in [6.07, 6.45) is 4.22. The van der Waals surface area contributed by atoms with Crippen molar-refractivity contribution in [2.75, 3.05) is 25.8 Å². The van der Waals surface area contributed by atoms with Gasteiger partial charge in [-0.05, 0) is 87.9 Å². The number of phenols is 1. The van der Waals surface area contributed by atoms with Gasteiger partial charge in [-0.25, -0.2) is 0 Å². The second-order valence-electron chi connectivity index (χ2n) is 8.60. The molecule has 4 rings (SSSR count). The summed E-state index contributed by atoms with van der Waals surface area (Å²) in [5.41, 5.74) is 3.24. The molecule has 0 amide bonds. The predicted octanol–water partition coefficient (Wildman–Crippen LogP) is 7.49. The van der Waals surface area contributed by atoms with Gasteiger partial charge in [-0.15, -0.1) is 24.8 Å². The predicted molar refractivity (Wildman–Crippen MR) is 151 cm³/mol. The number of rotatable bonds is 6. The zero-order chi connectivity index (χ0) is 28.7. The Kier molecular flexibility index (Phi) is 7.60. The number of carbonyl (C=O) groups excluding carboxylic acids is 1. The molecule has 35 heavy (non-hydrogen) atoms. The van der Waals surface area contributed by atoms with Crippen molar-refractivity contribution in [3.8, 4) is 16.9 Å². The van der Waals surface area contributed by atoms with E-state index in [4.69, 9.17) is 31.4 Å². The number of aromatic hydroxyl groups is 1. The van der Waals surface area contributed by atoms with Crippen LogP contribution >= 0.6 is 48.0 Å². The van der Waals surface area contributed by atoms with Gasteiger partial charge in [-0.3, -0.25) is 9.78 Å². The monoisotopic (exact) mass is 563 g/mol. The van der Waals surface area contributed by atoms with Gasteiger partial charge in [0.2, 0.25) is 0 Å². The SMILES string of the molecule is Cl.Cl.[2H]C([2H])([2H])N(C[C@H]1CC[C@H](Nc2c(C(C)=O)cnc3ccc(-c4cc(Cl)c(O)c(Cl)c4)cc23)CC1)C([2H])([2H])[2H]. The third-order valence-corrected chi connectivity index (χ3v) is 6.81. The van der Waals surface area contributed by atoms with E-state index in [-0.39, 0.29) is 64.9 Å². The lowest BCUT2D eigenvalue weighted by molar-refractivity contribution is 0.101. The molecular weight excluding hydrogens is 528 g/mol. The van der Waals surface area contributed by atoms with Crippen molar-refractivity contribution >= 4 is 70.4 Å². The standard InChI is InChI=1S/C26H29Cl2N3O2.2ClH/c1-15(32)21-13-29-24-9-6-17(18-11-22(27)26(33)23(28)12-18)10-20(24)25(21)30-19-7-4-16(5-8-19)14-31(2)3;;/h6,9-13,16,19,33H,4-5,7-8,14H2,1-3H3,(H,29,30);2*1H/t16-,19-;;/i2D3,3D3;;. The summed E-state index contributed by atoms with van der Waals surface area (Å²) < 4.78 is 45.8. The molecule has 5 nitrogen and oxygen atoms in total. The van der Waals surface area contributed by atoms with Crippen molar-refractivity contribution in [3.63, 3.8) is 0 Å². The van der Waals surface area contributed by atoms with E-state index in [1.165, 1.54) is 6.92 Å². The van der Waals surface area contributed by atoms with E-state index in [2.05, 4.69) is 10.3 Å². The van der Waals surface area contributed by atoms with Gasteiger partial charge in [-0.2, -0.15) is 0 Å². The average Bonchev–Trinajstić information content (AvgIpc) is 2.84. The van der Waals surface area contributed by atoms with Gasteiger partial charge in [0.15, 0.2) is 11.5 Å². The third kappa shape index (κ3) is 6.72. The van der Waals surface area contributed by atoms with E-state index in [9.17, 15) is 9.90 Å². The van der Waals surface area contributed by atoms with Crippen LogP contribution in [-0.2, 0) is 0 Å². The van der Waals surface area contributed by atoms with Crippen LogP contribution < -0.4 is 5.32 Å². The minimum atomic E-state index is -2.70. The van der Waals surface area contributed by atoms with E-state index >= 15 is 0 Å². The normalized spacial score (nSPS) is 20.8. The van der Waals surface area contributed by atoms with Gasteiger partial charge >= 0.3 is 0 Å². The van der Waals surface area contributed by atoms with Crippen molar-refractivity contribution in [2.45, 2.75) is 38.6 Å². The first-order chi connectivity index (χ1) is 18.1. The number of ketones is 1. The number of carbonyl (C=O) groups is 1. The molecule has 0 bridgehead atoms. The van der Waals surface area contributed by atoms with E-state index in [1.54, 1.807) is 18.3 Å². The van der Waals surface area contributed by atoms with Crippen LogP contribution in [0.25, 0.3) is 22.0 Å². The third-order valence-electron chi connectivity index (χ3n) is 6.23. The summed E-state index contributed by atoms with van der Waals surface area (Å²) in [6.45, 7) is -3.95. The Morgan fingerprint density at radius 3 is 2.37 bits per heavy atom. The minimum absolute atomic E-state index is 0. The Bertz CT molecular complexity index is 1360. The lowest BCUT2D eigenvalue weighted by Crippen LogP contribution is -2.31. The maximum atomic E-state index is 12.5. The lowest BCUT2D eigenvalue weighted by atomic mass is 9.85. The van der Waals surface area contributed by atoms with Gasteiger partial charge in [0.05, 0.1) is 26.8 Å². The molecule has 0 saturated heterocycles. The maximum Gasteiger partial charge on any atom is 0.163 e. The van der Waals surface area contributed by atoms with Gasteiger partial charge in [0, 0.05) is 32.4 Å². The first kappa shape index (κ1) is 21.3. The Labute approximate surface area is 237 Å². The van der Waals surface area contributed by atoms with Crippen LogP contribution in [0.4, 0.5) is 5.69 Å². The number of hydrogen-bond donors (Lipinski definition) is 2. The highest BCUT2D eigenvalue weighted by Crippen LogP contribution is 2.38. The van der Waals surface area contributed by atoms with E-state index in [1.807, 2.05) is 18.2 Å². The molecule has 1 saturated carbocycles. The van der Waals surface area contributed by atoms with Crippen molar-refractivity contribution in [3.05, 3.63) is 52.1 Å². The highest BCUT2D eigenvalue weighted by atomic mass is 35.5. The molecule has 0 atom stereocenters. The number of halogens is 4. The fraction of sp³-hybridized carbons (Fsp3) is 0.385. The number of nitrogens with one attached hydrogen (secondary N) is 1. The fourth-order valence-corrected chi connectivity index (χ4v) is 4.97. The van der Waals surface area contributed by atoms with Gasteiger partial charge < -0.3 is 15.3 Å². The van der Waals surface area contributed by atoms with Crippen LogP contribution in [0.3, 0.4) is 0 Å². The highest BCUT2D eigenvalue weighted by molar-refractivity contribution is 6.37. The van der Waals surface area contributed by atoms with Crippen LogP contribution in [0.1, 0.15) is 51.2 Å². The Morgan fingerprint density at radius 2 is 1.77 bits per heavy atom. The Hall–Kier alpha value is -1.76. The topological polar surface area (TPSA) is 65.5 Å². The average molecular weight is 565 g/mol. The maximum absolute atomic E-state index is 12.5. The number of pyridine rings is 1. The molecule has 0 unspecified atom stereocenters. The minimum Gasteiger partial charge on any atom is -0.505 e. The molecule has 1 heterocycles. The summed E-state index contributed by atoms with van der Waals surface area (Å²) in [5.74, 6) is -0.407. The molecule has 3 aromatic rings. The van der Waals surface area contributed by atoms with Crippen LogP contribution in [-0.4, -0.2) is 47.3 Å². The molecular formula is C26H31Cl4N3O2. The lowest BCUT2D eigenvalue weighted by Gasteiger charge is -2.32. The number of Topliss-reactive ketones (excluding diaryl/α,β-unsaturated/α-hetero) is 1. The number of benzene rings is 2. The summed E-state index contributed by atoms with van der Waals surface area (Å²) in [7, 11) is 0. The number of fused-ring (bicyclic) bond motifs is 1. The van der Waals surface area contributed by atoms with Gasteiger partial charge in [0.25, 0.3) is 0 Å². The molecule has 2 N–H and O–H groups in total. The molecule has 9 heteroatoms. The molecule has 0 radical (unpaired) electrons. The van der Waals surface area contributed by atoms with Gasteiger partial charge in [0.1, 0.15) is 0 Å². The van der Waals surface area contributed by atoms with Crippen LogP contribution in [0.15, 0.2) is 36.5 Å². The Balaban J connectivity index is 0.00000294. The summed E-state index contributed by atoms with van der Waals surface area (Å²) >= 11 is 12.3. The number of anilines is 1. The number of hydrogen-bond acceptors (Lipinski definition) is 5. The molecule has 0 spiro atoms. The van der Waals surface area contributed by atoms with Crippen LogP contribution in [0.5, 0.6) is 5.75 Å². The largest absolute Gasteiger partial charge is 0.505 e. The number of nitrogens with zero attached hydrogens (tertiary/aromatic N) is 2. The summed E-state index contributed by atoms with van der Waals surface area (Å²) in [6, 6.07) is 8.82. The zero-order valence-corrected chi connectivity index (χ0v) is 22.1. The molecule has 190 valence electrons. The van der Waals surface area contributed by atoms with Crippen molar-refractivity contribution in [1.29, 1.82) is 0 Å². The summed E-state index contributed by atoms with van der Waals surface area (Å²) in [5, 5.41) is 14.5. The molecule has 1 aromatic heterocycles. The second kappa shape index (κ2) is 12.5. The molecule has 1 fully saturated rings. The first-order valence-corrected chi connectivity index (χ1v) is 11.6. The molecule has 2 aromatic carbocycles. The van der Waals surface area contributed by atoms with E-state index in [0.29, 0.717) is 52.9 Å². The summed E-state index contributed by atoms with van der Waals surface area (Å²) in [4.78, 5) is 17.6. The van der Waals surface area contributed by atoms with Crippen molar-refractivity contribution in [2.24, 2.45) is 5.92 Å². The highest BCUT2D eigenvalue weighted by Gasteiger charge is 2.24. The quantitative estimate of drug-likeness (QED) is 0.303. The first-order valence-electron chi connectivity index (χ1n) is 13.8. The molecule has 1 aliphatic carbocycles. The van der Waals surface area contributed by atoms with Crippen LogP contribution in [0, 0.1) is 5.92 Å². The van der Waals surface area contributed by atoms with E-state index in [0.717, 1.165) is 10.9 Å². The van der Waals surface area contributed by atoms with Crippen molar-refractivity contribution < 1.29 is 18.1 Å². The van der Waals surface area contributed by atoms with Crippen molar-refractivity contribution in [1.82, 2.24) is 9.88 Å². The second-order valence-corrected chi connectivity index (χ2v) is 9.41. The Morgan fingerprint density at radius 1 is 1.11 bits per heavy atom. The number of aromatic nitrogens is 1. The molecule has 0 aliphatic heterocycles. The fourth-order valence-electron chi connectivity index (χ4n) is 4.48. The van der Waals surface area contributed by atoms with Crippen LogP contribution in [0.2, 0.25) is 10.0 Å². The smallest absolute Gasteiger partial charge is 0.163 e.